The summed E-state index contributed by atoms with van der Waals surface area (Å²) in [6.07, 6.45) is 2.88. The third-order valence-corrected chi connectivity index (χ3v) is 6.61. The van der Waals surface area contributed by atoms with Crippen molar-refractivity contribution in [3.05, 3.63) is 59.5 Å². The van der Waals surface area contributed by atoms with Crippen LogP contribution >= 0.6 is 0 Å². The topological polar surface area (TPSA) is 72.5 Å². The first-order valence-electron chi connectivity index (χ1n) is 11.5. The third kappa shape index (κ3) is 4.64. The Hall–Kier alpha value is -3.19. The molecule has 2 N–H and O–H groups in total. The number of nitrogens with one attached hydrogen (secondary N) is 2. The molecule has 0 bridgehead atoms. The molecule has 33 heavy (non-hydrogen) atoms. The molecule has 7 heteroatoms. The molecule has 0 radical (unpaired) electrons. The van der Waals surface area contributed by atoms with E-state index in [9.17, 15) is 9.18 Å². The summed E-state index contributed by atoms with van der Waals surface area (Å²) in [6.45, 7) is 4.31. The molecule has 1 unspecified atom stereocenters. The number of rotatable bonds is 6. The lowest BCUT2D eigenvalue weighted by atomic mass is 9.78. The molecule has 3 aromatic rings. The van der Waals surface area contributed by atoms with E-state index in [4.69, 9.17) is 9.47 Å². The first kappa shape index (κ1) is 21.6. The first-order chi connectivity index (χ1) is 16.1. The van der Waals surface area contributed by atoms with Gasteiger partial charge in [0, 0.05) is 11.1 Å². The van der Waals surface area contributed by atoms with Gasteiger partial charge in [-0.1, -0.05) is 6.07 Å². The average Bonchev–Trinajstić information content (AvgIpc) is 2.83. The number of fused-ring (bicyclic) bond motifs is 2. The van der Waals surface area contributed by atoms with Crippen LogP contribution in [0.15, 0.2) is 42.5 Å². The van der Waals surface area contributed by atoms with Gasteiger partial charge in [0.15, 0.2) is 18.2 Å². The number of carbonyl (C=O) groups excluding carboxylic acids is 1. The van der Waals surface area contributed by atoms with Gasteiger partial charge in [0.05, 0.1) is 17.8 Å². The lowest BCUT2D eigenvalue weighted by Gasteiger charge is -2.32. The molecule has 2 aliphatic rings. The molecule has 1 amide bonds. The van der Waals surface area contributed by atoms with Crippen molar-refractivity contribution < 1.29 is 18.7 Å². The van der Waals surface area contributed by atoms with E-state index in [0.717, 1.165) is 49.1 Å². The summed E-state index contributed by atoms with van der Waals surface area (Å²) in [5, 5.41) is 7.02. The summed E-state index contributed by atoms with van der Waals surface area (Å²) in [6, 6.07) is 12.9. The van der Waals surface area contributed by atoms with Crippen LogP contribution in [0.25, 0.3) is 10.9 Å². The van der Waals surface area contributed by atoms with Gasteiger partial charge in [-0.15, -0.1) is 0 Å². The standard InChI is InChI=1S/C26H28FN3O3/c1-16-2-4-20-22(29-16)6-5-21(27)26(20)32-13-10-19(17-8-11-28-12-9-17)18-3-7-24-23(14-18)30-25(31)15-33-24/h2-7,14,17,19,28H,8-13,15H2,1H3,(H,30,31). The van der Waals surface area contributed by atoms with Gasteiger partial charge in [-0.3, -0.25) is 9.78 Å². The first-order valence-corrected chi connectivity index (χ1v) is 11.5. The van der Waals surface area contributed by atoms with Crippen LogP contribution < -0.4 is 20.1 Å². The van der Waals surface area contributed by atoms with E-state index in [1.807, 2.05) is 31.2 Å². The summed E-state index contributed by atoms with van der Waals surface area (Å²) < 4.78 is 26.2. The number of aryl methyl sites for hydroxylation is 1. The number of benzene rings is 2. The minimum absolute atomic E-state index is 0.0445. The van der Waals surface area contributed by atoms with Crippen molar-refractivity contribution in [1.82, 2.24) is 10.3 Å². The van der Waals surface area contributed by atoms with E-state index in [0.29, 0.717) is 29.3 Å². The number of aromatic nitrogens is 1. The monoisotopic (exact) mass is 449 g/mol. The molecule has 3 heterocycles. The van der Waals surface area contributed by atoms with E-state index < -0.39 is 0 Å². The zero-order valence-corrected chi connectivity index (χ0v) is 18.7. The average molecular weight is 450 g/mol. The maximum absolute atomic E-state index is 14.6. The van der Waals surface area contributed by atoms with Gasteiger partial charge in [-0.05, 0) is 93.1 Å². The second-order valence-electron chi connectivity index (χ2n) is 8.82. The molecule has 2 aromatic carbocycles. The number of halogens is 1. The molecule has 1 saturated heterocycles. The molecule has 1 aromatic heterocycles. The molecule has 5 rings (SSSR count). The zero-order valence-electron chi connectivity index (χ0n) is 18.7. The van der Waals surface area contributed by atoms with E-state index in [1.54, 1.807) is 6.07 Å². The Morgan fingerprint density at radius 2 is 2.03 bits per heavy atom. The maximum Gasteiger partial charge on any atom is 0.262 e. The van der Waals surface area contributed by atoms with Crippen molar-refractivity contribution in [3.63, 3.8) is 0 Å². The fourth-order valence-corrected chi connectivity index (χ4v) is 4.94. The number of anilines is 1. The highest BCUT2D eigenvalue weighted by molar-refractivity contribution is 5.95. The number of pyridine rings is 1. The Labute approximate surface area is 192 Å². The maximum atomic E-state index is 14.6. The van der Waals surface area contributed by atoms with Gasteiger partial charge >= 0.3 is 0 Å². The largest absolute Gasteiger partial charge is 0.490 e. The number of amides is 1. The minimum Gasteiger partial charge on any atom is -0.490 e. The Kier molecular flexibility index (Phi) is 6.13. The van der Waals surface area contributed by atoms with Crippen LogP contribution in [-0.4, -0.2) is 37.2 Å². The normalized spacial score (nSPS) is 17.2. The van der Waals surface area contributed by atoms with E-state index in [1.165, 1.54) is 6.07 Å². The van der Waals surface area contributed by atoms with E-state index >= 15 is 0 Å². The van der Waals surface area contributed by atoms with Crippen LogP contribution in [0.5, 0.6) is 11.5 Å². The number of carbonyl (C=O) groups is 1. The van der Waals surface area contributed by atoms with Crippen molar-refractivity contribution >= 4 is 22.5 Å². The SMILES string of the molecule is Cc1ccc2c(OCCC(c3ccc4c(c3)NC(=O)CO4)C3CCNCC3)c(F)ccc2n1. The Morgan fingerprint density at radius 3 is 2.88 bits per heavy atom. The van der Waals surface area contributed by atoms with Crippen LogP contribution in [0, 0.1) is 18.7 Å². The molecule has 2 aliphatic heterocycles. The van der Waals surface area contributed by atoms with Crippen LogP contribution in [-0.2, 0) is 4.79 Å². The fraction of sp³-hybridized carbons (Fsp3) is 0.385. The Balaban J connectivity index is 1.38. The summed E-state index contributed by atoms with van der Waals surface area (Å²) >= 11 is 0. The van der Waals surface area contributed by atoms with Crippen molar-refractivity contribution in [1.29, 1.82) is 0 Å². The Morgan fingerprint density at radius 1 is 1.18 bits per heavy atom. The molecule has 0 spiro atoms. The van der Waals surface area contributed by atoms with Crippen LogP contribution in [0.1, 0.15) is 36.4 Å². The van der Waals surface area contributed by atoms with Gasteiger partial charge < -0.3 is 20.1 Å². The highest BCUT2D eigenvalue weighted by Crippen LogP contribution is 2.38. The smallest absolute Gasteiger partial charge is 0.262 e. The van der Waals surface area contributed by atoms with Crippen LogP contribution in [0.2, 0.25) is 0 Å². The molecule has 0 saturated carbocycles. The predicted molar refractivity (Wildman–Crippen MR) is 125 cm³/mol. The number of nitrogens with zero attached hydrogens (tertiary/aromatic N) is 1. The summed E-state index contributed by atoms with van der Waals surface area (Å²) in [5.74, 6) is 1.15. The lowest BCUT2D eigenvalue weighted by molar-refractivity contribution is -0.118. The molecular weight excluding hydrogens is 421 g/mol. The molecule has 0 aliphatic carbocycles. The predicted octanol–water partition coefficient (Wildman–Crippen LogP) is 4.57. The van der Waals surface area contributed by atoms with Crippen molar-refractivity contribution in [2.75, 3.05) is 31.6 Å². The number of hydrogen-bond acceptors (Lipinski definition) is 5. The van der Waals surface area contributed by atoms with E-state index in [-0.39, 0.29) is 30.0 Å². The van der Waals surface area contributed by atoms with Crippen molar-refractivity contribution in [2.45, 2.75) is 32.1 Å². The van der Waals surface area contributed by atoms with Gasteiger partial charge in [0.2, 0.25) is 0 Å². The van der Waals surface area contributed by atoms with E-state index in [2.05, 4.69) is 21.7 Å². The van der Waals surface area contributed by atoms with Gasteiger partial charge in [0.25, 0.3) is 5.91 Å². The summed E-state index contributed by atoms with van der Waals surface area (Å²) in [5.41, 5.74) is 3.47. The highest BCUT2D eigenvalue weighted by Gasteiger charge is 2.27. The van der Waals surface area contributed by atoms with Crippen LogP contribution in [0.3, 0.4) is 0 Å². The molecular formula is C26H28FN3O3. The summed E-state index contributed by atoms with van der Waals surface area (Å²) in [7, 11) is 0. The molecule has 172 valence electrons. The molecule has 6 nitrogen and oxygen atoms in total. The molecule has 1 fully saturated rings. The van der Waals surface area contributed by atoms with Crippen molar-refractivity contribution in [3.8, 4) is 11.5 Å². The van der Waals surface area contributed by atoms with Gasteiger partial charge in [0.1, 0.15) is 5.75 Å². The van der Waals surface area contributed by atoms with Gasteiger partial charge in [-0.25, -0.2) is 4.39 Å². The quantitative estimate of drug-likeness (QED) is 0.577. The second-order valence-corrected chi connectivity index (χ2v) is 8.82. The molecule has 1 atom stereocenters. The summed E-state index contributed by atoms with van der Waals surface area (Å²) in [4.78, 5) is 16.3. The number of piperidine rings is 1. The third-order valence-electron chi connectivity index (χ3n) is 6.61. The van der Waals surface area contributed by atoms with Gasteiger partial charge in [-0.2, -0.15) is 0 Å². The number of ether oxygens (including phenoxy) is 2. The minimum atomic E-state index is -0.375. The number of hydrogen-bond donors (Lipinski definition) is 2. The second kappa shape index (κ2) is 9.35. The lowest BCUT2D eigenvalue weighted by Crippen LogP contribution is -2.31. The Bertz CT molecular complexity index is 1180. The zero-order chi connectivity index (χ0) is 22.8. The fourth-order valence-electron chi connectivity index (χ4n) is 4.94. The highest BCUT2D eigenvalue weighted by atomic mass is 19.1. The van der Waals surface area contributed by atoms with Crippen LogP contribution in [0.4, 0.5) is 10.1 Å². The van der Waals surface area contributed by atoms with Crippen molar-refractivity contribution in [2.24, 2.45) is 5.92 Å².